The van der Waals surface area contributed by atoms with Crippen LogP contribution in [0.15, 0.2) is 0 Å². The highest BCUT2D eigenvalue weighted by Crippen LogP contribution is 2.25. The first kappa shape index (κ1) is 19.1. The number of hydrogen-bond acceptors (Lipinski definition) is 6. The molecule has 138 valence electrons. The predicted octanol–water partition coefficient (Wildman–Crippen LogP) is -0.590. The summed E-state index contributed by atoms with van der Waals surface area (Å²) in [6.07, 6.45) is 0.926. The fraction of sp³-hybridized carbons (Fsp3) is 0.867. The van der Waals surface area contributed by atoms with Crippen LogP contribution in [0.3, 0.4) is 0 Å². The summed E-state index contributed by atoms with van der Waals surface area (Å²) in [4.78, 5) is 26.5. The number of sulfonamides is 1. The summed E-state index contributed by atoms with van der Waals surface area (Å²) in [7, 11) is -2.05. The number of nitrogens with one attached hydrogen (secondary N) is 1. The lowest BCUT2D eigenvalue weighted by molar-refractivity contribution is -0.131. The van der Waals surface area contributed by atoms with Gasteiger partial charge in [0, 0.05) is 45.3 Å². The van der Waals surface area contributed by atoms with Gasteiger partial charge in [0.1, 0.15) is 0 Å². The van der Waals surface area contributed by atoms with Crippen LogP contribution in [-0.4, -0.2) is 80.6 Å². The molecule has 0 aliphatic carbocycles. The monoisotopic (exact) mass is 361 g/mol. The van der Waals surface area contributed by atoms with Gasteiger partial charge in [0.15, 0.2) is 0 Å². The molecule has 2 aliphatic rings. The van der Waals surface area contributed by atoms with Crippen molar-refractivity contribution < 1.29 is 22.7 Å². The van der Waals surface area contributed by atoms with E-state index in [0.29, 0.717) is 32.5 Å². The van der Waals surface area contributed by atoms with Gasteiger partial charge in [-0.3, -0.25) is 14.5 Å². The molecule has 0 bridgehead atoms. The van der Waals surface area contributed by atoms with Gasteiger partial charge in [0.05, 0.1) is 11.8 Å². The van der Waals surface area contributed by atoms with Crippen molar-refractivity contribution in [3.05, 3.63) is 0 Å². The maximum Gasteiger partial charge on any atom is 0.253 e. The van der Waals surface area contributed by atoms with E-state index < -0.39 is 16.1 Å². The molecule has 0 unspecified atom stereocenters. The summed E-state index contributed by atoms with van der Waals surface area (Å²) in [6.45, 7) is 5.00. The second-order valence-electron chi connectivity index (χ2n) is 6.68. The number of methoxy groups -OCH3 is 1. The molecule has 2 saturated heterocycles. The van der Waals surface area contributed by atoms with Crippen LogP contribution in [0.5, 0.6) is 0 Å². The number of carbonyl (C=O) groups excluding carboxylic acids is 2. The molecule has 0 aromatic rings. The Morgan fingerprint density at radius 1 is 1.42 bits per heavy atom. The summed E-state index contributed by atoms with van der Waals surface area (Å²) in [6, 6.07) is -0.599. The van der Waals surface area contributed by atoms with E-state index in [2.05, 4.69) is 5.32 Å². The van der Waals surface area contributed by atoms with Crippen LogP contribution in [0.2, 0.25) is 0 Å². The van der Waals surface area contributed by atoms with Crippen molar-refractivity contribution >= 4 is 21.8 Å². The van der Waals surface area contributed by atoms with Crippen molar-refractivity contribution in [3.8, 4) is 0 Å². The molecule has 0 spiro atoms. The zero-order valence-electron chi connectivity index (χ0n) is 14.5. The smallest absolute Gasteiger partial charge is 0.253 e. The third-order valence-electron chi connectivity index (χ3n) is 4.49. The average molecular weight is 361 g/mol. The van der Waals surface area contributed by atoms with Crippen LogP contribution >= 0.6 is 0 Å². The maximum absolute atomic E-state index is 12.8. The molecule has 0 aromatic carbocycles. The zero-order valence-corrected chi connectivity index (χ0v) is 15.3. The van der Waals surface area contributed by atoms with E-state index in [1.54, 1.807) is 7.11 Å². The average Bonchev–Trinajstić information content (AvgIpc) is 2.88. The van der Waals surface area contributed by atoms with E-state index in [1.165, 1.54) is 0 Å². The number of hydrogen-bond donors (Lipinski definition) is 1. The van der Waals surface area contributed by atoms with E-state index in [4.69, 9.17) is 4.74 Å². The van der Waals surface area contributed by atoms with Crippen LogP contribution in [0.25, 0.3) is 0 Å². The lowest BCUT2D eigenvalue weighted by Gasteiger charge is -2.23. The van der Waals surface area contributed by atoms with Crippen molar-refractivity contribution in [2.24, 2.45) is 5.92 Å². The zero-order chi connectivity index (χ0) is 17.9. The Kier molecular flexibility index (Phi) is 6.22. The molecular formula is C15H27N3O5S. The van der Waals surface area contributed by atoms with E-state index in [0.717, 1.165) is 4.31 Å². The quantitative estimate of drug-likeness (QED) is 0.635. The number of fused-ring (bicyclic) bond motifs is 1. The Morgan fingerprint density at radius 2 is 2.12 bits per heavy atom. The van der Waals surface area contributed by atoms with E-state index in [-0.39, 0.29) is 36.1 Å². The van der Waals surface area contributed by atoms with Gasteiger partial charge in [-0.05, 0) is 12.8 Å². The summed E-state index contributed by atoms with van der Waals surface area (Å²) in [5.41, 5.74) is 0. The molecule has 2 fully saturated rings. The Labute approximate surface area is 143 Å². The largest absolute Gasteiger partial charge is 0.385 e. The number of nitrogens with zero attached hydrogens (tertiary/aromatic N) is 2. The first-order chi connectivity index (χ1) is 11.3. The summed E-state index contributed by atoms with van der Waals surface area (Å²) in [5.74, 6) is -0.626. The topological polar surface area (TPSA) is 96.0 Å². The SMILES string of the molecule is COCCCN1C(=O)[C@@H]2C[C@H](NC(=O)C(C)C)CN2CCS1(=O)=O. The van der Waals surface area contributed by atoms with Crippen LogP contribution in [0.1, 0.15) is 26.7 Å². The molecule has 0 radical (unpaired) electrons. The Balaban J connectivity index is 2.08. The van der Waals surface area contributed by atoms with E-state index in [1.807, 2.05) is 18.7 Å². The third kappa shape index (κ3) is 4.25. The van der Waals surface area contributed by atoms with Gasteiger partial charge in [0.25, 0.3) is 5.91 Å². The van der Waals surface area contributed by atoms with Crippen molar-refractivity contribution in [1.29, 1.82) is 0 Å². The molecule has 1 N–H and O–H groups in total. The van der Waals surface area contributed by atoms with Gasteiger partial charge in [-0.2, -0.15) is 0 Å². The molecule has 24 heavy (non-hydrogen) atoms. The van der Waals surface area contributed by atoms with Crippen molar-refractivity contribution in [2.75, 3.05) is 39.1 Å². The van der Waals surface area contributed by atoms with Gasteiger partial charge in [-0.25, -0.2) is 12.7 Å². The highest BCUT2D eigenvalue weighted by atomic mass is 32.2. The molecule has 9 heteroatoms. The lowest BCUT2D eigenvalue weighted by Crippen LogP contribution is -2.44. The summed E-state index contributed by atoms with van der Waals surface area (Å²) < 4.78 is 30.7. The number of carbonyl (C=O) groups is 2. The maximum atomic E-state index is 12.8. The lowest BCUT2D eigenvalue weighted by atomic mass is 10.1. The minimum atomic E-state index is -3.59. The van der Waals surface area contributed by atoms with E-state index in [9.17, 15) is 18.0 Å². The summed E-state index contributed by atoms with van der Waals surface area (Å²) in [5, 5.41) is 2.94. The Morgan fingerprint density at radius 3 is 2.75 bits per heavy atom. The molecule has 2 rings (SSSR count). The number of rotatable bonds is 6. The molecule has 0 aromatic heterocycles. The Hall–Kier alpha value is -1.19. The van der Waals surface area contributed by atoms with Crippen LogP contribution in [0, 0.1) is 5.92 Å². The first-order valence-corrected chi connectivity index (χ1v) is 9.94. The normalized spacial score (nSPS) is 27.2. The van der Waals surface area contributed by atoms with Crippen LogP contribution in [0.4, 0.5) is 0 Å². The minimum absolute atomic E-state index is 0.0466. The predicted molar refractivity (Wildman–Crippen MR) is 88.7 cm³/mol. The second kappa shape index (κ2) is 7.79. The fourth-order valence-electron chi connectivity index (χ4n) is 3.13. The molecular weight excluding hydrogens is 334 g/mol. The molecule has 2 atom stereocenters. The highest BCUT2D eigenvalue weighted by Gasteiger charge is 2.45. The Bertz CT molecular complexity index is 578. The van der Waals surface area contributed by atoms with Gasteiger partial charge in [0.2, 0.25) is 15.9 Å². The standard InChI is InChI=1S/C15H27N3O5S/c1-11(2)14(19)16-12-9-13-15(20)18(5-4-7-23-3)24(21,22)8-6-17(13)10-12/h11-13H,4-10H2,1-3H3,(H,16,19)/t12-,13-/m0/s1. The molecule has 2 aliphatic heterocycles. The first-order valence-electron chi connectivity index (χ1n) is 8.34. The van der Waals surface area contributed by atoms with E-state index >= 15 is 0 Å². The van der Waals surface area contributed by atoms with Gasteiger partial charge in [-0.15, -0.1) is 0 Å². The van der Waals surface area contributed by atoms with Gasteiger partial charge < -0.3 is 10.1 Å². The molecule has 2 amide bonds. The van der Waals surface area contributed by atoms with Crippen LogP contribution < -0.4 is 5.32 Å². The third-order valence-corrected chi connectivity index (χ3v) is 6.22. The molecule has 2 heterocycles. The second-order valence-corrected chi connectivity index (χ2v) is 8.69. The van der Waals surface area contributed by atoms with Crippen LogP contribution in [-0.2, 0) is 24.3 Å². The molecule has 0 saturated carbocycles. The molecule has 8 nitrogen and oxygen atoms in total. The summed E-state index contributed by atoms with van der Waals surface area (Å²) >= 11 is 0. The number of amides is 2. The fourth-order valence-corrected chi connectivity index (χ4v) is 4.62. The van der Waals surface area contributed by atoms with Crippen molar-refractivity contribution in [3.63, 3.8) is 0 Å². The van der Waals surface area contributed by atoms with Gasteiger partial charge in [-0.1, -0.05) is 13.8 Å². The number of ether oxygens (including phenoxy) is 1. The van der Waals surface area contributed by atoms with Crippen molar-refractivity contribution in [2.45, 2.75) is 38.8 Å². The van der Waals surface area contributed by atoms with Crippen molar-refractivity contribution in [1.82, 2.24) is 14.5 Å². The highest BCUT2D eigenvalue weighted by molar-refractivity contribution is 7.89. The minimum Gasteiger partial charge on any atom is -0.385 e. The van der Waals surface area contributed by atoms with Gasteiger partial charge >= 0.3 is 0 Å².